The van der Waals surface area contributed by atoms with E-state index in [1.54, 1.807) is 0 Å². The van der Waals surface area contributed by atoms with Crippen molar-refractivity contribution in [1.82, 2.24) is 10.2 Å². The molecule has 1 saturated carbocycles. The molecule has 0 radical (unpaired) electrons. The van der Waals surface area contributed by atoms with Gasteiger partial charge in [0.2, 0.25) is 0 Å². The molecule has 2 aliphatic rings. The first-order valence-electron chi connectivity index (χ1n) is 8.03. The molecule has 2 unspecified atom stereocenters. The smallest absolute Gasteiger partial charge is 0.103 e. The van der Waals surface area contributed by atoms with Crippen LogP contribution in [0.25, 0.3) is 0 Å². The van der Waals surface area contributed by atoms with Gasteiger partial charge in [-0.2, -0.15) is 5.26 Å². The summed E-state index contributed by atoms with van der Waals surface area (Å²) in [6.45, 7) is 4.47. The molecule has 0 spiro atoms. The molecule has 0 aromatic rings. The van der Waals surface area contributed by atoms with Gasteiger partial charge in [0, 0.05) is 6.04 Å². The Morgan fingerprint density at radius 1 is 1.26 bits per heavy atom. The molecular formula is C16H29N3. The predicted octanol–water partition coefficient (Wildman–Crippen LogP) is 2.92. The lowest BCUT2D eigenvalue weighted by molar-refractivity contribution is 0.184. The molecule has 2 fully saturated rings. The highest BCUT2D eigenvalue weighted by atomic mass is 15.2. The van der Waals surface area contributed by atoms with E-state index in [4.69, 9.17) is 0 Å². The van der Waals surface area contributed by atoms with E-state index in [0.29, 0.717) is 0 Å². The van der Waals surface area contributed by atoms with Gasteiger partial charge in [-0.25, -0.2) is 0 Å². The van der Waals surface area contributed by atoms with Gasteiger partial charge in [-0.05, 0) is 71.5 Å². The fraction of sp³-hybridized carbons (Fsp3) is 0.938. The van der Waals surface area contributed by atoms with Crippen LogP contribution in [0.2, 0.25) is 0 Å². The maximum atomic E-state index is 9.18. The number of nitrogens with one attached hydrogen (secondary N) is 1. The normalized spacial score (nSPS) is 28.4. The lowest BCUT2D eigenvalue weighted by Gasteiger charge is -2.30. The Bertz CT molecular complexity index is 316. The summed E-state index contributed by atoms with van der Waals surface area (Å²) in [6.07, 6.45) is 10.7. The average Bonchev–Trinajstić information content (AvgIpc) is 3.08. The zero-order valence-corrected chi connectivity index (χ0v) is 12.6. The van der Waals surface area contributed by atoms with Gasteiger partial charge in [0.15, 0.2) is 0 Å². The molecule has 19 heavy (non-hydrogen) atoms. The molecule has 3 nitrogen and oxygen atoms in total. The third-order valence-electron chi connectivity index (χ3n) is 5.28. The second kappa shape index (κ2) is 6.72. The third-order valence-corrected chi connectivity index (χ3v) is 5.28. The molecule has 108 valence electrons. The van der Waals surface area contributed by atoms with Crippen LogP contribution in [0, 0.1) is 17.2 Å². The van der Waals surface area contributed by atoms with Crippen LogP contribution in [-0.2, 0) is 0 Å². The van der Waals surface area contributed by atoms with E-state index in [9.17, 15) is 5.26 Å². The fourth-order valence-electron chi connectivity index (χ4n) is 3.88. The molecule has 1 heterocycles. The number of rotatable bonds is 6. The van der Waals surface area contributed by atoms with Crippen LogP contribution in [0.5, 0.6) is 0 Å². The third kappa shape index (κ3) is 3.70. The number of nitriles is 1. The van der Waals surface area contributed by atoms with Crippen molar-refractivity contribution in [2.45, 2.75) is 69.9 Å². The Balaban J connectivity index is 1.77. The van der Waals surface area contributed by atoms with Crippen LogP contribution >= 0.6 is 0 Å². The van der Waals surface area contributed by atoms with Crippen LogP contribution < -0.4 is 5.32 Å². The monoisotopic (exact) mass is 263 g/mol. The lowest BCUT2D eigenvalue weighted by Crippen LogP contribution is -2.40. The van der Waals surface area contributed by atoms with Crippen molar-refractivity contribution in [3.8, 4) is 6.07 Å². The van der Waals surface area contributed by atoms with Gasteiger partial charge in [0.05, 0.1) is 6.07 Å². The minimum Gasteiger partial charge on any atom is -0.303 e. The largest absolute Gasteiger partial charge is 0.303 e. The first kappa shape index (κ1) is 14.8. The number of hydrogen-bond donors (Lipinski definition) is 1. The Morgan fingerprint density at radius 2 is 2.00 bits per heavy atom. The quantitative estimate of drug-likeness (QED) is 0.801. The molecule has 1 aliphatic carbocycles. The summed E-state index contributed by atoms with van der Waals surface area (Å²) >= 11 is 0. The van der Waals surface area contributed by atoms with Crippen LogP contribution in [-0.4, -0.2) is 36.6 Å². The van der Waals surface area contributed by atoms with Crippen molar-refractivity contribution in [3.05, 3.63) is 0 Å². The van der Waals surface area contributed by atoms with Crippen molar-refractivity contribution in [3.63, 3.8) is 0 Å². The molecule has 1 saturated heterocycles. The summed E-state index contributed by atoms with van der Waals surface area (Å²) in [5.74, 6) is 0.967. The van der Waals surface area contributed by atoms with E-state index in [0.717, 1.165) is 24.8 Å². The summed E-state index contributed by atoms with van der Waals surface area (Å²) < 4.78 is 0. The van der Waals surface area contributed by atoms with Gasteiger partial charge in [0.1, 0.15) is 5.54 Å². The van der Waals surface area contributed by atoms with E-state index < -0.39 is 0 Å². The van der Waals surface area contributed by atoms with Crippen molar-refractivity contribution in [2.24, 2.45) is 5.92 Å². The van der Waals surface area contributed by atoms with E-state index >= 15 is 0 Å². The number of likely N-dealkylation sites (tertiary alicyclic amines) is 1. The van der Waals surface area contributed by atoms with Crippen molar-refractivity contribution < 1.29 is 0 Å². The van der Waals surface area contributed by atoms with Crippen LogP contribution in [0.4, 0.5) is 0 Å². The van der Waals surface area contributed by atoms with Crippen LogP contribution in [0.3, 0.4) is 0 Å². The molecular weight excluding hydrogens is 234 g/mol. The minimum atomic E-state index is -0.345. The molecule has 3 heteroatoms. The maximum absolute atomic E-state index is 9.18. The molecule has 0 amide bonds. The maximum Gasteiger partial charge on any atom is 0.103 e. The SMILES string of the molecule is CNC(C)(C#N)CCCN1CCCC1C1CCCC1. The summed E-state index contributed by atoms with van der Waals surface area (Å²) in [5, 5.41) is 12.3. The van der Waals surface area contributed by atoms with Crippen LogP contribution in [0.1, 0.15) is 58.3 Å². The minimum absolute atomic E-state index is 0.345. The van der Waals surface area contributed by atoms with Gasteiger partial charge in [-0.1, -0.05) is 12.8 Å². The molecule has 0 aromatic carbocycles. The van der Waals surface area contributed by atoms with Crippen molar-refractivity contribution in [2.75, 3.05) is 20.1 Å². The van der Waals surface area contributed by atoms with E-state index in [2.05, 4.69) is 16.3 Å². The van der Waals surface area contributed by atoms with Gasteiger partial charge < -0.3 is 10.2 Å². The van der Waals surface area contributed by atoms with Gasteiger partial charge in [-0.15, -0.1) is 0 Å². The molecule has 1 aliphatic heterocycles. The summed E-state index contributed by atoms with van der Waals surface area (Å²) in [7, 11) is 1.89. The predicted molar refractivity (Wildman–Crippen MR) is 78.9 cm³/mol. The van der Waals surface area contributed by atoms with Crippen molar-refractivity contribution in [1.29, 1.82) is 5.26 Å². The van der Waals surface area contributed by atoms with Crippen molar-refractivity contribution >= 4 is 0 Å². The first-order chi connectivity index (χ1) is 9.18. The standard InChI is InChI=1S/C16H29N3/c1-16(13-17,18-2)10-6-12-19-11-5-9-15(19)14-7-3-4-8-14/h14-15,18H,3-12H2,1-2H3. The highest BCUT2D eigenvalue weighted by Crippen LogP contribution is 2.35. The highest BCUT2D eigenvalue weighted by molar-refractivity contribution is 5.02. The lowest BCUT2D eigenvalue weighted by atomic mass is 9.95. The van der Waals surface area contributed by atoms with Gasteiger partial charge in [0.25, 0.3) is 0 Å². The van der Waals surface area contributed by atoms with E-state index in [-0.39, 0.29) is 5.54 Å². The zero-order chi connectivity index (χ0) is 13.7. The molecule has 1 N–H and O–H groups in total. The Hall–Kier alpha value is -0.590. The van der Waals surface area contributed by atoms with Crippen LogP contribution in [0.15, 0.2) is 0 Å². The average molecular weight is 263 g/mol. The number of nitrogens with zero attached hydrogens (tertiary/aromatic N) is 2. The summed E-state index contributed by atoms with van der Waals surface area (Å²) in [6, 6.07) is 3.24. The topological polar surface area (TPSA) is 39.1 Å². The molecule has 0 aromatic heterocycles. The molecule has 2 rings (SSSR count). The Labute approximate surface area is 118 Å². The fourth-order valence-corrected chi connectivity index (χ4v) is 3.88. The zero-order valence-electron chi connectivity index (χ0n) is 12.6. The molecule has 2 atom stereocenters. The highest BCUT2D eigenvalue weighted by Gasteiger charge is 2.33. The van der Waals surface area contributed by atoms with E-state index in [1.807, 2.05) is 14.0 Å². The first-order valence-corrected chi connectivity index (χ1v) is 8.03. The second-order valence-corrected chi connectivity index (χ2v) is 6.59. The van der Waals surface area contributed by atoms with E-state index in [1.165, 1.54) is 51.6 Å². The van der Waals surface area contributed by atoms with Gasteiger partial charge >= 0.3 is 0 Å². The molecule has 0 bridgehead atoms. The Morgan fingerprint density at radius 3 is 2.63 bits per heavy atom. The Kier molecular flexibility index (Phi) is 5.24. The summed E-state index contributed by atoms with van der Waals surface area (Å²) in [4.78, 5) is 2.71. The second-order valence-electron chi connectivity index (χ2n) is 6.59. The summed E-state index contributed by atoms with van der Waals surface area (Å²) in [5.41, 5.74) is -0.345. The van der Waals surface area contributed by atoms with Gasteiger partial charge in [-0.3, -0.25) is 0 Å². The number of hydrogen-bond acceptors (Lipinski definition) is 3.